The van der Waals surface area contributed by atoms with Gasteiger partial charge in [0.25, 0.3) is 10.1 Å². The van der Waals surface area contributed by atoms with Crippen molar-refractivity contribution < 1.29 is 17.5 Å². The zero-order valence-electron chi connectivity index (χ0n) is 15.7. The Kier molecular flexibility index (Phi) is 13.1. The van der Waals surface area contributed by atoms with E-state index in [0.29, 0.717) is 6.26 Å². The van der Waals surface area contributed by atoms with Crippen LogP contribution >= 0.6 is 0 Å². The van der Waals surface area contributed by atoms with E-state index in [1.54, 1.807) is 0 Å². The van der Waals surface area contributed by atoms with Crippen molar-refractivity contribution in [1.29, 1.82) is 0 Å². The standard InChI is InChI=1S/C17H36N.CH4O3S/c1-3-5-7-8-9-11-15-18(14-6-4-2)16-12-10-13-17-18;1-5(2,3)4/h3-17H2,1-2H3;1H3,(H,2,3,4)/q+1;. The van der Waals surface area contributed by atoms with Crippen LogP contribution in [0.3, 0.4) is 0 Å². The highest BCUT2D eigenvalue weighted by Gasteiger charge is 2.28. The van der Waals surface area contributed by atoms with Crippen molar-refractivity contribution in [3.63, 3.8) is 0 Å². The maximum atomic E-state index is 9.19. The fourth-order valence-electron chi connectivity index (χ4n) is 3.46. The van der Waals surface area contributed by atoms with E-state index in [1.807, 2.05) is 0 Å². The molecule has 0 spiro atoms. The number of nitrogens with zero attached hydrogens (tertiary/aromatic N) is 1. The van der Waals surface area contributed by atoms with Crippen LogP contribution in [-0.2, 0) is 10.1 Å². The van der Waals surface area contributed by atoms with Crippen molar-refractivity contribution >= 4 is 10.1 Å². The van der Waals surface area contributed by atoms with E-state index >= 15 is 0 Å². The Labute approximate surface area is 145 Å². The van der Waals surface area contributed by atoms with Gasteiger partial charge in [0.1, 0.15) is 0 Å². The van der Waals surface area contributed by atoms with Crippen LogP contribution in [0.4, 0.5) is 0 Å². The van der Waals surface area contributed by atoms with Crippen LogP contribution in [-0.4, -0.2) is 49.9 Å². The maximum absolute atomic E-state index is 9.19. The highest BCUT2D eigenvalue weighted by atomic mass is 32.2. The molecular formula is C18H40NO3S+. The van der Waals surface area contributed by atoms with Crippen molar-refractivity contribution in [2.75, 3.05) is 32.4 Å². The summed E-state index contributed by atoms with van der Waals surface area (Å²) in [4.78, 5) is 0. The molecular weight excluding hydrogens is 310 g/mol. The minimum atomic E-state index is -3.67. The summed E-state index contributed by atoms with van der Waals surface area (Å²) in [6.45, 7) is 10.5. The molecule has 1 rings (SSSR count). The number of quaternary nitrogens is 1. The highest BCUT2D eigenvalue weighted by Crippen LogP contribution is 2.21. The molecule has 1 aliphatic heterocycles. The third-order valence-corrected chi connectivity index (χ3v) is 4.74. The molecule has 1 N–H and O–H groups in total. The first-order chi connectivity index (χ1) is 10.8. The fraction of sp³-hybridized carbons (Fsp3) is 1.00. The molecule has 4 nitrogen and oxygen atoms in total. The van der Waals surface area contributed by atoms with Crippen molar-refractivity contribution in [2.45, 2.75) is 84.5 Å². The Morgan fingerprint density at radius 2 is 1.22 bits per heavy atom. The summed E-state index contributed by atoms with van der Waals surface area (Å²) >= 11 is 0. The van der Waals surface area contributed by atoms with Gasteiger partial charge < -0.3 is 4.48 Å². The summed E-state index contributed by atoms with van der Waals surface area (Å²) in [7, 11) is -3.67. The number of piperidine rings is 1. The van der Waals surface area contributed by atoms with E-state index in [9.17, 15) is 8.42 Å². The molecule has 0 aromatic heterocycles. The fourth-order valence-corrected chi connectivity index (χ4v) is 3.46. The average molecular weight is 351 g/mol. The van der Waals surface area contributed by atoms with Gasteiger partial charge in [-0.15, -0.1) is 0 Å². The van der Waals surface area contributed by atoms with Crippen LogP contribution in [0.5, 0.6) is 0 Å². The Hall–Kier alpha value is -0.130. The summed E-state index contributed by atoms with van der Waals surface area (Å²) in [6, 6.07) is 0. The summed E-state index contributed by atoms with van der Waals surface area (Å²) in [5.41, 5.74) is 0. The van der Waals surface area contributed by atoms with Gasteiger partial charge in [-0.05, 0) is 38.5 Å². The van der Waals surface area contributed by atoms with E-state index in [2.05, 4.69) is 13.8 Å². The van der Waals surface area contributed by atoms with E-state index in [1.165, 1.54) is 101 Å². The molecule has 1 aliphatic rings. The zero-order valence-corrected chi connectivity index (χ0v) is 16.5. The van der Waals surface area contributed by atoms with Gasteiger partial charge in [-0.25, -0.2) is 0 Å². The van der Waals surface area contributed by atoms with Crippen LogP contribution in [0.15, 0.2) is 0 Å². The molecule has 0 unspecified atom stereocenters. The van der Waals surface area contributed by atoms with Crippen LogP contribution in [0, 0.1) is 0 Å². The lowest BCUT2D eigenvalue weighted by molar-refractivity contribution is -0.932. The number of likely N-dealkylation sites (tertiary alicyclic amines) is 1. The molecule has 1 saturated heterocycles. The van der Waals surface area contributed by atoms with Gasteiger partial charge >= 0.3 is 0 Å². The van der Waals surface area contributed by atoms with Gasteiger partial charge in [0.2, 0.25) is 0 Å². The highest BCUT2D eigenvalue weighted by molar-refractivity contribution is 7.85. The average Bonchev–Trinajstić information content (AvgIpc) is 2.48. The lowest BCUT2D eigenvalue weighted by Gasteiger charge is -2.42. The predicted octanol–water partition coefficient (Wildman–Crippen LogP) is 4.65. The molecule has 1 fully saturated rings. The SMILES string of the molecule is CCCCCCCC[N+]1(CCCC)CCCCC1.CS(=O)(=O)O. The number of hydrogen-bond donors (Lipinski definition) is 1. The summed E-state index contributed by atoms with van der Waals surface area (Å²) < 4.78 is 27.3. The lowest BCUT2D eigenvalue weighted by atomic mass is 10.0. The maximum Gasteiger partial charge on any atom is 0.261 e. The number of rotatable bonds is 10. The molecule has 5 heteroatoms. The number of unbranched alkanes of at least 4 members (excludes halogenated alkanes) is 6. The second-order valence-electron chi connectivity index (χ2n) is 7.15. The molecule has 0 amide bonds. The second-order valence-corrected chi connectivity index (χ2v) is 8.62. The van der Waals surface area contributed by atoms with Gasteiger partial charge in [0.15, 0.2) is 0 Å². The lowest BCUT2D eigenvalue weighted by Crippen LogP contribution is -2.52. The van der Waals surface area contributed by atoms with E-state index in [-0.39, 0.29) is 0 Å². The molecule has 23 heavy (non-hydrogen) atoms. The van der Waals surface area contributed by atoms with Crippen LogP contribution in [0.25, 0.3) is 0 Å². The largest absolute Gasteiger partial charge is 0.324 e. The van der Waals surface area contributed by atoms with E-state index < -0.39 is 10.1 Å². The van der Waals surface area contributed by atoms with Gasteiger partial charge in [0.05, 0.1) is 32.4 Å². The topological polar surface area (TPSA) is 54.4 Å². The molecule has 140 valence electrons. The quantitative estimate of drug-likeness (QED) is 0.354. The Morgan fingerprint density at radius 3 is 1.74 bits per heavy atom. The normalized spacial score (nSPS) is 17.4. The van der Waals surface area contributed by atoms with Crippen LogP contribution < -0.4 is 0 Å². The molecule has 0 aromatic carbocycles. The predicted molar refractivity (Wildman–Crippen MR) is 99.3 cm³/mol. The molecule has 0 saturated carbocycles. The third kappa shape index (κ3) is 15.2. The Balaban J connectivity index is 0.000000841. The molecule has 0 aromatic rings. The molecule has 1 heterocycles. The molecule has 0 radical (unpaired) electrons. The Bertz CT molecular complexity index is 354. The van der Waals surface area contributed by atoms with Gasteiger partial charge in [0, 0.05) is 0 Å². The zero-order chi connectivity index (χ0) is 17.6. The van der Waals surface area contributed by atoms with Crippen molar-refractivity contribution in [1.82, 2.24) is 0 Å². The van der Waals surface area contributed by atoms with Crippen LogP contribution in [0.1, 0.15) is 84.5 Å². The van der Waals surface area contributed by atoms with Crippen molar-refractivity contribution in [2.24, 2.45) is 0 Å². The van der Waals surface area contributed by atoms with Crippen molar-refractivity contribution in [3.05, 3.63) is 0 Å². The molecule has 0 bridgehead atoms. The van der Waals surface area contributed by atoms with Gasteiger partial charge in [-0.2, -0.15) is 8.42 Å². The molecule has 0 aliphatic carbocycles. The first-order valence-corrected chi connectivity index (χ1v) is 11.5. The third-order valence-electron chi connectivity index (χ3n) is 4.74. The van der Waals surface area contributed by atoms with Gasteiger partial charge in [-0.3, -0.25) is 4.55 Å². The molecule has 0 atom stereocenters. The number of hydrogen-bond acceptors (Lipinski definition) is 2. The monoisotopic (exact) mass is 350 g/mol. The first-order valence-electron chi connectivity index (χ1n) is 9.60. The summed E-state index contributed by atoms with van der Waals surface area (Å²) in [5.74, 6) is 0. The minimum absolute atomic E-state index is 0.715. The smallest absolute Gasteiger partial charge is 0.261 e. The second kappa shape index (κ2) is 13.2. The van der Waals surface area contributed by atoms with Gasteiger partial charge in [-0.1, -0.05) is 46.0 Å². The Morgan fingerprint density at radius 1 is 0.783 bits per heavy atom. The van der Waals surface area contributed by atoms with E-state index in [0.717, 1.165) is 0 Å². The summed E-state index contributed by atoms with van der Waals surface area (Å²) in [5, 5.41) is 0. The van der Waals surface area contributed by atoms with Crippen molar-refractivity contribution in [3.8, 4) is 0 Å². The first kappa shape index (κ1) is 22.9. The summed E-state index contributed by atoms with van der Waals surface area (Å²) in [6.07, 6.45) is 16.7. The van der Waals surface area contributed by atoms with E-state index in [4.69, 9.17) is 4.55 Å². The van der Waals surface area contributed by atoms with Crippen LogP contribution in [0.2, 0.25) is 0 Å². The minimum Gasteiger partial charge on any atom is -0.324 e.